The Kier molecular flexibility index (Phi) is 5.99. The lowest BCUT2D eigenvalue weighted by atomic mass is 10.1. The van der Waals surface area contributed by atoms with Gasteiger partial charge in [0.2, 0.25) is 6.41 Å². The molecule has 1 aromatic heterocycles. The van der Waals surface area contributed by atoms with Crippen molar-refractivity contribution in [2.45, 2.75) is 39.7 Å². The molecule has 0 fully saturated rings. The molecule has 5 nitrogen and oxygen atoms in total. The van der Waals surface area contributed by atoms with Gasteiger partial charge >= 0.3 is 0 Å². The molecule has 0 aromatic carbocycles. The van der Waals surface area contributed by atoms with Crippen molar-refractivity contribution in [3.8, 4) is 0 Å². The number of carbonyl (C=O) groups is 1. The second kappa shape index (κ2) is 7.51. The van der Waals surface area contributed by atoms with Gasteiger partial charge in [-0.25, -0.2) is 9.97 Å². The molecule has 1 heterocycles. The largest absolute Gasteiger partial charge is 0.370 e. The van der Waals surface area contributed by atoms with Gasteiger partial charge < -0.3 is 5.32 Å². The van der Waals surface area contributed by atoms with E-state index in [4.69, 9.17) is 0 Å². The van der Waals surface area contributed by atoms with Crippen LogP contribution in [0.5, 0.6) is 0 Å². The molecule has 1 rings (SSSR count). The maximum Gasteiger partial charge on any atom is 0.215 e. The van der Waals surface area contributed by atoms with E-state index in [0.717, 1.165) is 24.9 Å². The van der Waals surface area contributed by atoms with Gasteiger partial charge in [0.05, 0.1) is 11.9 Å². The lowest BCUT2D eigenvalue weighted by Crippen LogP contribution is -2.34. The Labute approximate surface area is 114 Å². The number of carbonyl (C=O) groups excluding carboxylic acids is 1. The minimum atomic E-state index is 0.139. The van der Waals surface area contributed by atoms with E-state index in [1.807, 2.05) is 19.1 Å². The van der Waals surface area contributed by atoms with Crippen molar-refractivity contribution in [1.29, 1.82) is 0 Å². The molecule has 0 aliphatic heterocycles. The van der Waals surface area contributed by atoms with Crippen molar-refractivity contribution in [3.05, 3.63) is 18.0 Å². The quantitative estimate of drug-likeness (QED) is 0.768. The Bertz CT molecular complexity index is 441. The molecular weight excluding hydrogens is 240 g/mol. The smallest absolute Gasteiger partial charge is 0.215 e. The number of anilines is 2. The second-order valence-corrected chi connectivity index (χ2v) is 4.20. The number of amides is 1. The van der Waals surface area contributed by atoms with Gasteiger partial charge in [-0.1, -0.05) is 19.9 Å². The molecule has 1 N–H and O–H groups in total. The Balaban J connectivity index is 3.26. The van der Waals surface area contributed by atoms with E-state index in [1.165, 1.54) is 0 Å². The molecule has 104 valence electrons. The maximum atomic E-state index is 11.4. The number of nitrogens with one attached hydrogen (secondary N) is 1. The standard InChI is InChI=1S/C14H22N4O/c1-5-8-11-9-16-13(15-4)14(17-11)18(10-19)12(6-2)7-3/h5,8-10,12H,6-7H2,1-4H3,(H,15,16)/b8-5-. The summed E-state index contributed by atoms with van der Waals surface area (Å²) in [5.74, 6) is 1.20. The number of allylic oxidation sites excluding steroid dienone is 1. The molecule has 1 amide bonds. The third kappa shape index (κ3) is 3.53. The summed E-state index contributed by atoms with van der Waals surface area (Å²) in [5, 5.41) is 2.98. The van der Waals surface area contributed by atoms with Crippen molar-refractivity contribution in [3.63, 3.8) is 0 Å². The molecule has 0 bridgehead atoms. The van der Waals surface area contributed by atoms with Gasteiger partial charge in [-0.05, 0) is 25.8 Å². The summed E-state index contributed by atoms with van der Waals surface area (Å²) in [7, 11) is 1.78. The average Bonchev–Trinajstić information content (AvgIpc) is 2.45. The highest BCUT2D eigenvalue weighted by Gasteiger charge is 2.20. The van der Waals surface area contributed by atoms with E-state index in [1.54, 1.807) is 18.1 Å². The second-order valence-electron chi connectivity index (χ2n) is 4.20. The highest BCUT2D eigenvalue weighted by molar-refractivity contribution is 5.80. The zero-order valence-corrected chi connectivity index (χ0v) is 12.1. The van der Waals surface area contributed by atoms with Crippen molar-refractivity contribution >= 4 is 24.1 Å². The third-order valence-corrected chi connectivity index (χ3v) is 3.04. The normalized spacial score (nSPS) is 11.0. The number of hydrogen-bond acceptors (Lipinski definition) is 4. The van der Waals surface area contributed by atoms with Crippen LogP contribution in [-0.2, 0) is 4.79 Å². The van der Waals surface area contributed by atoms with E-state index >= 15 is 0 Å². The Morgan fingerprint density at radius 2 is 2.11 bits per heavy atom. The fourth-order valence-electron chi connectivity index (χ4n) is 1.99. The van der Waals surface area contributed by atoms with Gasteiger partial charge in [-0.15, -0.1) is 0 Å². The first-order valence-corrected chi connectivity index (χ1v) is 6.62. The zero-order valence-electron chi connectivity index (χ0n) is 12.1. The molecule has 19 heavy (non-hydrogen) atoms. The third-order valence-electron chi connectivity index (χ3n) is 3.04. The van der Waals surface area contributed by atoms with Crippen molar-refractivity contribution in [2.24, 2.45) is 0 Å². The number of nitrogens with zero attached hydrogens (tertiary/aromatic N) is 3. The van der Waals surface area contributed by atoms with Crippen LogP contribution in [0.2, 0.25) is 0 Å². The first-order valence-electron chi connectivity index (χ1n) is 6.62. The summed E-state index contributed by atoms with van der Waals surface area (Å²) in [4.78, 5) is 21.9. The molecule has 0 radical (unpaired) electrons. The van der Waals surface area contributed by atoms with Crippen LogP contribution in [0.15, 0.2) is 12.3 Å². The molecule has 1 aromatic rings. The number of rotatable bonds is 7. The van der Waals surface area contributed by atoms with Gasteiger partial charge in [0.15, 0.2) is 11.6 Å². The summed E-state index contributed by atoms with van der Waals surface area (Å²) in [5.41, 5.74) is 0.745. The van der Waals surface area contributed by atoms with Crippen LogP contribution in [0.1, 0.15) is 39.3 Å². The van der Waals surface area contributed by atoms with Crippen LogP contribution in [0.3, 0.4) is 0 Å². The predicted molar refractivity (Wildman–Crippen MR) is 79.2 cm³/mol. The van der Waals surface area contributed by atoms with Gasteiger partial charge in [-0.3, -0.25) is 9.69 Å². The van der Waals surface area contributed by atoms with Crippen molar-refractivity contribution < 1.29 is 4.79 Å². The molecule has 0 aliphatic carbocycles. The molecule has 0 saturated carbocycles. The first-order chi connectivity index (χ1) is 9.21. The van der Waals surface area contributed by atoms with Gasteiger partial charge in [0, 0.05) is 13.1 Å². The van der Waals surface area contributed by atoms with Gasteiger partial charge in [-0.2, -0.15) is 0 Å². The van der Waals surface area contributed by atoms with Crippen LogP contribution in [-0.4, -0.2) is 29.5 Å². The van der Waals surface area contributed by atoms with Crippen molar-refractivity contribution in [1.82, 2.24) is 9.97 Å². The van der Waals surface area contributed by atoms with Crippen LogP contribution < -0.4 is 10.2 Å². The van der Waals surface area contributed by atoms with E-state index < -0.39 is 0 Å². The lowest BCUT2D eigenvalue weighted by molar-refractivity contribution is -0.108. The van der Waals surface area contributed by atoms with Gasteiger partial charge in [0.25, 0.3) is 0 Å². The first kappa shape index (κ1) is 15.1. The Morgan fingerprint density at radius 3 is 2.58 bits per heavy atom. The van der Waals surface area contributed by atoms with E-state index in [0.29, 0.717) is 11.6 Å². The average molecular weight is 262 g/mol. The highest BCUT2D eigenvalue weighted by atomic mass is 16.1. The molecule has 0 aliphatic rings. The summed E-state index contributed by atoms with van der Waals surface area (Å²) < 4.78 is 0. The summed E-state index contributed by atoms with van der Waals surface area (Å²) in [6, 6.07) is 0.139. The van der Waals surface area contributed by atoms with Crippen LogP contribution in [0.25, 0.3) is 6.08 Å². The summed E-state index contributed by atoms with van der Waals surface area (Å²) in [6.07, 6.45) is 8.05. The number of hydrogen-bond donors (Lipinski definition) is 1. The van der Waals surface area contributed by atoms with Crippen LogP contribution >= 0.6 is 0 Å². The monoisotopic (exact) mass is 262 g/mol. The molecule has 0 unspecified atom stereocenters. The zero-order chi connectivity index (χ0) is 14.3. The molecule has 0 spiro atoms. The topological polar surface area (TPSA) is 58.1 Å². The summed E-state index contributed by atoms with van der Waals surface area (Å²) >= 11 is 0. The van der Waals surface area contributed by atoms with Crippen molar-refractivity contribution in [2.75, 3.05) is 17.3 Å². The Morgan fingerprint density at radius 1 is 1.42 bits per heavy atom. The Hall–Kier alpha value is -1.91. The summed E-state index contributed by atoms with van der Waals surface area (Å²) in [6.45, 7) is 6.05. The van der Waals surface area contributed by atoms with Crippen LogP contribution in [0, 0.1) is 0 Å². The molecule has 5 heteroatoms. The van der Waals surface area contributed by atoms with Gasteiger partial charge in [0.1, 0.15) is 0 Å². The lowest BCUT2D eigenvalue weighted by Gasteiger charge is -2.26. The fourth-order valence-corrected chi connectivity index (χ4v) is 1.99. The fraction of sp³-hybridized carbons (Fsp3) is 0.500. The maximum absolute atomic E-state index is 11.4. The SMILES string of the molecule is C/C=C\c1cnc(NC)c(N(C=O)C(CC)CC)n1. The molecular formula is C14H22N4O. The minimum absolute atomic E-state index is 0.139. The van der Waals surface area contributed by atoms with Crippen LogP contribution in [0.4, 0.5) is 11.6 Å². The van der Waals surface area contributed by atoms with E-state index in [2.05, 4.69) is 29.1 Å². The highest BCUT2D eigenvalue weighted by Crippen LogP contribution is 2.24. The number of aromatic nitrogens is 2. The minimum Gasteiger partial charge on any atom is -0.370 e. The molecule has 0 atom stereocenters. The molecule has 0 saturated heterocycles. The van der Waals surface area contributed by atoms with E-state index in [-0.39, 0.29) is 6.04 Å². The predicted octanol–water partition coefficient (Wildman–Crippen LogP) is 2.70. The van der Waals surface area contributed by atoms with E-state index in [9.17, 15) is 4.79 Å².